The first kappa shape index (κ1) is 12.9. The minimum absolute atomic E-state index is 0.0320. The Kier molecular flexibility index (Phi) is 3.08. The van der Waals surface area contributed by atoms with Gasteiger partial charge in [-0.1, -0.05) is 0 Å². The maximum Gasteiger partial charge on any atom is 0.217 e. The summed E-state index contributed by atoms with van der Waals surface area (Å²) >= 11 is 0. The van der Waals surface area contributed by atoms with Crippen molar-refractivity contribution in [2.24, 2.45) is 0 Å². The molecule has 2 aromatic heterocycles. The number of aryl methyl sites for hydroxylation is 2. The minimum Gasteiger partial charge on any atom is -0.366 e. The van der Waals surface area contributed by atoms with Crippen LogP contribution in [0.25, 0.3) is 5.65 Å². The second kappa shape index (κ2) is 4.77. The van der Waals surface area contributed by atoms with Crippen LogP contribution in [-0.2, 0) is 4.79 Å². The number of rotatable bonds is 2. The average molecular weight is 273 g/mol. The first-order chi connectivity index (χ1) is 9.52. The van der Waals surface area contributed by atoms with Crippen molar-refractivity contribution in [1.29, 1.82) is 0 Å². The van der Waals surface area contributed by atoms with Crippen LogP contribution >= 0.6 is 0 Å². The Hall–Kier alpha value is -2.11. The average Bonchev–Trinajstić information content (AvgIpc) is 2.93. The zero-order chi connectivity index (χ0) is 14.3. The fourth-order valence-electron chi connectivity index (χ4n) is 2.81. The van der Waals surface area contributed by atoms with Crippen LogP contribution in [0.15, 0.2) is 12.3 Å². The number of nitrogens with zero attached hydrogens (tertiary/aromatic N) is 4. The lowest BCUT2D eigenvalue weighted by atomic mass is 10.2. The van der Waals surface area contributed by atoms with Crippen molar-refractivity contribution in [3.05, 3.63) is 23.7 Å². The van der Waals surface area contributed by atoms with Gasteiger partial charge in [-0.05, 0) is 26.3 Å². The first-order valence-electron chi connectivity index (χ1n) is 6.88. The van der Waals surface area contributed by atoms with Crippen molar-refractivity contribution < 1.29 is 4.79 Å². The van der Waals surface area contributed by atoms with Crippen LogP contribution in [0.4, 0.5) is 5.69 Å². The molecule has 2 aromatic rings. The summed E-state index contributed by atoms with van der Waals surface area (Å²) in [5, 5.41) is 7.44. The van der Waals surface area contributed by atoms with Crippen LogP contribution in [0.3, 0.4) is 0 Å². The number of nitrogens with one attached hydrogen (secondary N) is 1. The van der Waals surface area contributed by atoms with Gasteiger partial charge in [-0.25, -0.2) is 9.50 Å². The molecule has 6 nitrogen and oxygen atoms in total. The highest BCUT2D eigenvalue weighted by Crippen LogP contribution is 2.25. The summed E-state index contributed by atoms with van der Waals surface area (Å²) in [6.45, 7) is 7.27. The maximum atomic E-state index is 11.2. The Balaban J connectivity index is 1.92. The molecule has 0 radical (unpaired) electrons. The molecule has 20 heavy (non-hydrogen) atoms. The number of imidazole rings is 1. The second-order valence-corrected chi connectivity index (χ2v) is 5.45. The summed E-state index contributed by atoms with van der Waals surface area (Å²) in [6.07, 6.45) is 2.90. The third kappa shape index (κ3) is 2.33. The highest BCUT2D eigenvalue weighted by Gasteiger charge is 2.25. The number of aromatic nitrogens is 3. The van der Waals surface area contributed by atoms with Crippen molar-refractivity contribution in [1.82, 2.24) is 19.9 Å². The molecule has 6 heteroatoms. The van der Waals surface area contributed by atoms with E-state index in [1.165, 1.54) is 0 Å². The van der Waals surface area contributed by atoms with Gasteiger partial charge in [0.25, 0.3) is 0 Å². The van der Waals surface area contributed by atoms with E-state index < -0.39 is 0 Å². The van der Waals surface area contributed by atoms with Crippen molar-refractivity contribution in [3.8, 4) is 0 Å². The molecule has 0 unspecified atom stereocenters. The van der Waals surface area contributed by atoms with E-state index >= 15 is 0 Å². The van der Waals surface area contributed by atoms with Crippen LogP contribution < -0.4 is 10.2 Å². The molecule has 1 aliphatic rings. The van der Waals surface area contributed by atoms with E-state index in [0.29, 0.717) is 0 Å². The van der Waals surface area contributed by atoms with E-state index in [0.717, 1.165) is 42.2 Å². The van der Waals surface area contributed by atoms with E-state index in [2.05, 4.69) is 26.4 Å². The van der Waals surface area contributed by atoms with Gasteiger partial charge in [-0.2, -0.15) is 5.10 Å². The number of hydrogen-bond donors (Lipinski definition) is 1. The Morgan fingerprint density at radius 2 is 2.20 bits per heavy atom. The number of carbonyl (C=O) groups is 1. The summed E-state index contributed by atoms with van der Waals surface area (Å²) < 4.78 is 1.84. The summed E-state index contributed by atoms with van der Waals surface area (Å²) in [5.74, 6) is 0.0320. The van der Waals surface area contributed by atoms with Gasteiger partial charge in [0.15, 0.2) is 5.65 Å². The van der Waals surface area contributed by atoms with E-state index in [1.54, 1.807) is 6.92 Å². The van der Waals surface area contributed by atoms with Crippen LogP contribution in [0, 0.1) is 13.8 Å². The molecule has 0 saturated carbocycles. The van der Waals surface area contributed by atoms with E-state index in [9.17, 15) is 4.79 Å². The van der Waals surface area contributed by atoms with Gasteiger partial charge < -0.3 is 10.2 Å². The third-order valence-corrected chi connectivity index (χ3v) is 3.58. The van der Waals surface area contributed by atoms with Gasteiger partial charge in [0.1, 0.15) is 0 Å². The summed E-state index contributed by atoms with van der Waals surface area (Å²) in [4.78, 5) is 18.0. The summed E-state index contributed by atoms with van der Waals surface area (Å²) in [7, 11) is 0. The van der Waals surface area contributed by atoms with Crippen molar-refractivity contribution in [3.63, 3.8) is 0 Å². The SMILES string of the molecule is CC(=O)N[C@H]1CCN(c2cc(C)nn3cc(C)nc23)C1. The van der Waals surface area contributed by atoms with Gasteiger partial charge in [-0.15, -0.1) is 0 Å². The van der Waals surface area contributed by atoms with Crippen LogP contribution in [0.1, 0.15) is 24.7 Å². The second-order valence-electron chi connectivity index (χ2n) is 5.45. The third-order valence-electron chi connectivity index (χ3n) is 3.58. The molecule has 1 atom stereocenters. The first-order valence-corrected chi connectivity index (χ1v) is 6.88. The highest BCUT2D eigenvalue weighted by atomic mass is 16.1. The fourth-order valence-corrected chi connectivity index (χ4v) is 2.81. The topological polar surface area (TPSA) is 62.5 Å². The van der Waals surface area contributed by atoms with E-state index in [1.807, 2.05) is 24.6 Å². The largest absolute Gasteiger partial charge is 0.366 e. The number of hydrogen-bond acceptors (Lipinski definition) is 4. The molecule has 0 bridgehead atoms. The molecule has 0 spiro atoms. The Bertz CT molecular complexity index is 663. The maximum absolute atomic E-state index is 11.2. The molecule has 1 fully saturated rings. The molecule has 0 aromatic carbocycles. The molecule has 3 heterocycles. The molecule has 3 rings (SSSR count). The molecular weight excluding hydrogens is 254 g/mol. The zero-order valence-electron chi connectivity index (χ0n) is 12.1. The fraction of sp³-hybridized carbons (Fsp3) is 0.500. The molecule has 1 aliphatic heterocycles. The molecule has 1 saturated heterocycles. The molecule has 1 N–H and O–H groups in total. The predicted octanol–water partition coefficient (Wildman–Crippen LogP) is 1.06. The predicted molar refractivity (Wildman–Crippen MR) is 76.9 cm³/mol. The lowest BCUT2D eigenvalue weighted by Crippen LogP contribution is -2.35. The number of carbonyl (C=O) groups excluding carboxylic acids is 1. The van der Waals surface area contributed by atoms with E-state index in [-0.39, 0.29) is 11.9 Å². The van der Waals surface area contributed by atoms with Gasteiger partial charge in [0.2, 0.25) is 5.91 Å². The summed E-state index contributed by atoms with van der Waals surface area (Å²) in [5.41, 5.74) is 3.91. The highest BCUT2D eigenvalue weighted by molar-refractivity contribution is 5.74. The normalized spacial score (nSPS) is 18.8. The minimum atomic E-state index is 0.0320. The quantitative estimate of drug-likeness (QED) is 0.888. The Labute approximate surface area is 117 Å². The number of anilines is 1. The number of fused-ring (bicyclic) bond motifs is 1. The van der Waals surface area contributed by atoms with Gasteiger partial charge in [-0.3, -0.25) is 4.79 Å². The van der Waals surface area contributed by atoms with Crippen LogP contribution in [0.2, 0.25) is 0 Å². The lowest BCUT2D eigenvalue weighted by Gasteiger charge is -2.19. The Morgan fingerprint density at radius 3 is 2.95 bits per heavy atom. The van der Waals surface area contributed by atoms with Gasteiger partial charge >= 0.3 is 0 Å². The van der Waals surface area contributed by atoms with Crippen LogP contribution in [0.5, 0.6) is 0 Å². The molecule has 1 amide bonds. The van der Waals surface area contributed by atoms with Gasteiger partial charge in [0.05, 0.1) is 23.3 Å². The molecule has 106 valence electrons. The lowest BCUT2D eigenvalue weighted by molar-refractivity contribution is -0.119. The van der Waals surface area contributed by atoms with Crippen LogP contribution in [-0.4, -0.2) is 39.6 Å². The zero-order valence-corrected chi connectivity index (χ0v) is 12.1. The smallest absolute Gasteiger partial charge is 0.217 e. The van der Waals surface area contributed by atoms with Crippen molar-refractivity contribution in [2.75, 3.05) is 18.0 Å². The standard InChI is InChI=1S/C14H19N5O/c1-9-6-13(14-15-10(2)7-19(14)17-9)18-5-4-12(8-18)16-11(3)20/h6-7,12H,4-5,8H2,1-3H3,(H,16,20)/t12-/m0/s1. The number of amides is 1. The van der Waals surface area contributed by atoms with Crippen molar-refractivity contribution >= 4 is 17.2 Å². The van der Waals surface area contributed by atoms with Crippen molar-refractivity contribution in [2.45, 2.75) is 33.2 Å². The molecular formula is C14H19N5O. The van der Waals surface area contributed by atoms with E-state index in [4.69, 9.17) is 0 Å². The van der Waals surface area contributed by atoms with Gasteiger partial charge in [0, 0.05) is 26.1 Å². The monoisotopic (exact) mass is 273 g/mol. The summed E-state index contributed by atoms with van der Waals surface area (Å²) in [6, 6.07) is 2.29. The Morgan fingerprint density at radius 1 is 1.40 bits per heavy atom. The molecule has 0 aliphatic carbocycles.